The molecule has 4 heteroatoms. The number of carbonyl (C=O) groups is 1. The van der Waals surface area contributed by atoms with Crippen LogP contribution in [0.3, 0.4) is 0 Å². The van der Waals surface area contributed by atoms with Crippen molar-refractivity contribution >= 4 is 17.6 Å². The molecule has 1 saturated carbocycles. The molecule has 0 amide bonds. The first-order valence-corrected chi connectivity index (χ1v) is 16.7. The van der Waals surface area contributed by atoms with Gasteiger partial charge in [0.05, 0.1) is 6.10 Å². The topological polar surface area (TPSA) is 52.9 Å². The molecule has 0 aromatic heterocycles. The zero-order valence-corrected chi connectivity index (χ0v) is 26.5. The maximum Gasteiger partial charge on any atom is 0.161 e. The number of rotatable bonds is 11. The fraction of sp³-hybridized carbons (Fsp3) is 0.487. The van der Waals surface area contributed by atoms with Crippen molar-refractivity contribution < 1.29 is 9.90 Å². The van der Waals surface area contributed by atoms with Crippen LogP contribution >= 0.6 is 0 Å². The van der Waals surface area contributed by atoms with Crippen LogP contribution in [0.4, 0.5) is 0 Å². The van der Waals surface area contributed by atoms with Crippen molar-refractivity contribution in [1.29, 1.82) is 0 Å². The summed E-state index contributed by atoms with van der Waals surface area (Å²) in [5, 5.41) is 9.65. The molecule has 1 aromatic carbocycles. The molecule has 1 unspecified atom stereocenters. The quantitative estimate of drug-likeness (QED) is 0.267. The molecule has 0 bridgehead atoms. The van der Waals surface area contributed by atoms with E-state index >= 15 is 0 Å². The highest BCUT2D eigenvalue weighted by Crippen LogP contribution is 2.37. The predicted octanol–water partition coefficient (Wildman–Crippen LogP) is 8.88. The molecule has 5 rings (SSSR count). The normalized spacial score (nSPS) is 24.4. The zero-order valence-electron chi connectivity index (χ0n) is 26.5. The highest BCUT2D eigenvalue weighted by Gasteiger charge is 2.34. The summed E-state index contributed by atoms with van der Waals surface area (Å²) in [6, 6.07) is 9.33. The van der Waals surface area contributed by atoms with E-state index in [-0.39, 0.29) is 17.8 Å². The van der Waals surface area contributed by atoms with Gasteiger partial charge in [-0.15, -0.1) is 0 Å². The summed E-state index contributed by atoms with van der Waals surface area (Å²) in [7, 11) is 0. The van der Waals surface area contributed by atoms with Crippen LogP contribution in [-0.4, -0.2) is 41.2 Å². The van der Waals surface area contributed by atoms with Crippen LogP contribution in [0.25, 0.3) is 5.57 Å². The van der Waals surface area contributed by atoms with Gasteiger partial charge in [0.25, 0.3) is 0 Å². The van der Waals surface area contributed by atoms with E-state index in [0.29, 0.717) is 24.7 Å². The van der Waals surface area contributed by atoms with Crippen LogP contribution in [0, 0.1) is 11.8 Å². The number of unbranched alkanes of at least 4 members (excludes halogenated alkanes) is 1. The number of hydrogen-bond acceptors (Lipinski definition) is 4. The first-order valence-electron chi connectivity index (χ1n) is 16.7. The molecular weight excluding hydrogens is 528 g/mol. The molecule has 4 aliphatic rings. The second-order valence-electron chi connectivity index (χ2n) is 13.1. The number of nitrogens with zero attached hydrogens (tertiary/aromatic N) is 2. The maximum atomic E-state index is 12.9. The van der Waals surface area contributed by atoms with Crippen molar-refractivity contribution in [3.05, 3.63) is 100 Å². The summed E-state index contributed by atoms with van der Waals surface area (Å²) in [5.74, 6) is 1.46. The van der Waals surface area contributed by atoms with Gasteiger partial charge in [-0.3, -0.25) is 9.79 Å². The summed E-state index contributed by atoms with van der Waals surface area (Å²) in [5.41, 5.74) is 8.73. The number of benzene rings is 1. The molecule has 2 aliphatic heterocycles. The van der Waals surface area contributed by atoms with E-state index in [9.17, 15) is 9.90 Å². The lowest BCUT2D eigenvalue weighted by atomic mass is 9.76. The zero-order chi connectivity index (χ0) is 30.2. The van der Waals surface area contributed by atoms with Gasteiger partial charge in [0.1, 0.15) is 0 Å². The van der Waals surface area contributed by atoms with Crippen LogP contribution in [-0.2, 0) is 4.79 Å². The fourth-order valence-corrected chi connectivity index (χ4v) is 6.74. The van der Waals surface area contributed by atoms with Gasteiger partial charge < -0.3 is 10.0 Å². The highest BCUT2D eigenvalue weighted by atomic mass is 16.3. The Morgan fingerprint density at radius 1 is 1.14 bits per heavy atom. The van der Waals surface area contributed by atoms with E-state index in [1.54, 1.807) is 0 Å². The third-order valence-electron chi connectivity index (χ3n) is 9.38. The Kier molecular flexibility index (Phi) is 10.9. The minimum atomic E-state index is -0.287. The number of Topliss-reactive ketones (excluding diaryl/α,β-unsaturated/α-hetero) is 1. The highest BCUT2D eigenvalue weighted by molar-refractivity contribution is 5.97. The summed E-state index contributed by atoms with van der Waals surface area (Å²) in [6.45, 7) is 8.57. The molecule has 1 fully saturated rings. The Morgan fingerprint density at radius 3 is 2.70 bits per heavy atom. The molecule has 4 nitrogen and oxygen atoms in total. The van der Waals surface area contributed by atoms with E-state index in [2.05, 4.69) is 91.4 Å². The average Bonchev–Trinajstić information content (AvgIpc) is 3.19. The van der Waals surface area contributed by atoms with Gasteiger partial charge in [0, 0.05) is 42.7 Å². The van der Waals surface area contributed by atoms with Gasteiger partial charge in [0.15, 0.2) is 5.78 Å². The second-order valence-corrected chi connectivity index (χ2v) is 13.1. The number of hydrogen-bond donors (Lipinski definition) is 1. The molecule has 0 radical (unpaired) electrons. The summed E-state index contributed by atoms with van der Waals surface area (Å²) < 4.78 is 0. The molecule has 1 atom stereocenters. The van der Waals surface area contributed by atoms with Crippen molar-refractivity contribution in [1.82, 2.24) is 4.90 Å². The molecule has 228 valence electrons. The number of carbonyl (C=O) groups excluding carboxylic acids is 1. The predicted molar refractivity (Wildman–Crippen MR) is 180 cm³/mol. The van der Waals surface area contributed by atoms with Crippen LogP contribution in [0.2, 0.25) is 0 Å². The Hall–Kier alpha value is -3.24. The van der Waals surface area contributed by atoms with Crippen molar-refractivity contribution in [3.8, 4) is 0 Å². The summed E-state index contributed by atoms with van der Waals surface area (Å²) in [6.07, 6.45) is 27.0. The van der Waals surface area contributed by atoms with E-state index in [1.165, 1.54) is 52.8 Å². The molecular formula is C39H50N2O2. The summed E-state index contributed by atoms with van der Waals surface area (Å²) in [4.78, 5) is 20.0. The fourth-order valence-electron chi connectivity index (χ4n) is 6.74. The molecule has 0 saturated heterocycles. The number of aliphatic imine (C=N–C) groups is 1. The van der Waals surface area contributed by atoms with Gasteiger partial charge in [-0.25, -0.2) is 0 Å². The van der Waals surface area contributed by atoms with Gasteiger partial charge in [-0.05, 0) is 103 Å². The van der Waals surface area contributed by atoms with Gasteiger partial charge >= 0.3 is 0 Å². The monoisotopic (exact) mass is 578 g/mol. The van der Waals surface area contributed by atoms with Gasteiger partial charge in [-0.1, -0.05) is 82.2 Å². The molecule has 2 heterocycles. The van der Waals surface area contributed by atoms with E-state index < -0.39 is 0 Å². The average molecular weight is 579 g/mol. The lowest BCUT2D eigenvalue weighted by Gasteiger charge is -2.33. The third-order valence-corrected chi connectivity index (χ3v) is 9.38. The minimum absolute atomic E-state index is 0.0286. The van der Waals surface area contributed by atoms with Crippen molar-refractivity contribution in [2.45, 2.75) is 97.0 Å². The van der Waals surface area contributed by atoms with Crippen LogP contribution in [0.5, 0.6) is 0 Å². The van der Waals surface area contributed by atoms with Crippen molar-refractivity contribution in [2.75, 3.05) is 13.1 Å². The largest absolute Gasteiger partial charge is 0.393 e. The minimum Gasteiger partial charge on any atom is -0.393 e. The molecule has 1 N–H and O–H groups in total. The first-order chi connectivity index (χ1) is 20.9. The Bertz CT molecular complexity index is 1350. The second kappa shape index (κ2) is 15.0. The number of allylic oxidation sites excluding steroid dienone is 8. The Balaban J connectivity index is 1.30. The standard InChI is InChI=1S/C39H50N2O2/c1-4-5-10-29(11-6-9-28(2)3)30-14-16-31(17-15-30)33-18-19-34-27-40-21-20-38(37(34)26-33)41-22-7-12-32(13-8-23-41)39(43)35-24-36(42)25-35/h6,9,12,14-18,20-21,26-29,35-36,42H,4-5,7-8,10-11,13,19,22-25H2,1-3H3/b9-6+,32-12-/t29?,35-,36-. The van der Waals surface area contributed by atoms with Crippen LogP contribution in [0.15, 0.2) is 94.3 Å². The SMILES string of the molecule is CCCCC(C/C=C/C(C)C)c1ccc(C2=CCC3=CN=CC=C(N4CC/C=C(\C(=O)[C@H]5C[C@H](O)C5)CCC4)C3=C2)cc1. The smallest absolute Gasteiger partial charge is 0.161 e. The lowest BCUT2D eigenvalue weighted by molar-refractivity contribution is -0.125. The third kappa shape index (κ3) is 8.03. The molecule has 43 heavy (non-hydrogen) atoms. The van der Waals surface area contributed by atoms with Gasteiger partial charge in [-0.2, -0.15) is 0 Å². The Labute approximate surface area is 259 Å². The van der Waals surface area contributed by atoms with E-state index in [1.807, 2.05) is 12.4 Å². The Morgan fingerprint density at radius 2 is 1.95 bits per heavy atom. The number of fused-ring (bicyclic) bond motifs is 1. The number of aliphatic hydroxyl groups is 1. The number of aliphatic hydroxyl groups excluding tert-OH is 1. The summed E-state index contributed by atoms with van der Waals surface area (Å²) >= 11 is 0. The van der Waals surface area contributed by atoms with Gasteiger partial charge in [0.2, 0.25) is 0 Å². The van der Waals surface area contributed by atoms with Crippen molar-refractivity contribution in [3.63, 3.8) is 0 Å². The lowest BCUT2D eigenvalue weighted by Crippen LogP contribution is -2.35. The molecule has 2 aliphatic carbocycles. The van der Waals surface area contributed by atoms with E-state index in [0.717, 1.165) is 50.8 Å². The van der Waals surface area contributed by atoms with Crippen LogP contribution < -0.4 is 0 Å². The van der Waals surface area contributed by atoms with E-state index in [4.69, 9.17) is 0 Å². The van der Waals surface area contributed by atoms with Crippen molar-refractivity contribution in [2.24, 2.45) is 16.8 Å². The number of ketones is 1. The van der Waals surface area contributed by atoms with Crippen LogP contribution in [0.1, 0.15) is 102 Å². The molecule has 1 aromatic rings. The maximum absolute atomic E-state index is 12.9. The first kappa shape index (κ1) is 31.2. The molecule has 0 spiro atoms.